The largest absolute Gasteiger partial charge is 0.416 e. The van der Waals surface area contributed by atoms with Crippen LogP contribution in [0.1, 0.15) is 16.7 Å². The van der Waals surface area contributed by atoms with Crippen molar-refractivity contribution < 1.29 is 13.2 Å². The molecule has 21 heavy (non-hydrogen) atoms. The number of halogens is 4. The molecule has 1 N–H and O–H groups in total. The van der Waals surface area contributed by atoms with Gasteiger partial charge in [0.05, 0.1) is 16.1 Å². The number of nitrogens with one attached hydrogen (secondary N) is 1. The van der Waals surface area contributed by atoms with E-state index >= 15 is 0 Å². The number of benzene rings is 1. The molecule has 0 aliphatic heterocycles. The van der Waals surface area contributed by atoms with E-state index in [-0.39, 0.29) is 28.5 Å². The Labute approximate surface area is 124 Å². The third-order valence-corrected chi connectivity index (χ3v) is 3.03. The van der Waals surface area contributed by atoms with Crippen LogP contribution in [0.2, 0.25) is 5.02 Å². The summed E-state index contributed by atoms with van der Waals surface area (Å²) in [5.41, 5.74) is -0.337. The van der Waals surface area contributed by atoms with Gasteiger partial charge in [-0.05, 0) is 17.7 Å². The summed E-state index contributed by atoms with van der Waals surface area (Å²) >= 11 is 5.91. The van der Waals surface area contributed by atoms with Crippen molar-refractivity contribution in [2.75, 3.05) is 5.32 Å². The number of nitriles is 1. The van der Waals surface area contributed by atoms with Crippen LogP contribution < -0.4 is 5.32 Å². The number of hydrogen-bond donors (Lipinski definition) is 1. The summed E-state index contributed by atoms with van der Waals surface area (Å²) in [6.07, 6.45) is -3.12. The van der Waals surface area contributed by atoms with Crippen LogP contribution in [0.4, 0.5) is 19.0 Å². The second-order valence-electron chi connectivity index (χ2n) is 4.17. The van der Waals surface area contributed by atoms with Crippen LogP contribution in [-0.2, 0) is 12.7 Å². The smallest absolute Gasteiger partial charge is 0.365 e. The van der Waals surface area contributed by atoms with E-state index in [1.54, 1.807) is 0 Å². The molecule has 3 nitrogen and oxygen atoms in total. The van der Waals surface area contributed by atoms with Crippen LogP contribution in [0.3, 0.4) is 0 Å². The van der Waals surface area contributed by atoms with Gasteiger partial charge in [-0.25, -0.2) is 4.98 Å². The normalized spacial score (nSPS) is 11.0. The fraction of sp³-hybridized carbons (Fsp3) is 0.143. The van der Waals surface area contributed by atoms with Crippen molar-refractivity contribution >= 4 is 17.4 Å². The maximum Gasteiger partial charge on any atom is 0.416 e. The number of pyridine rings is 1. The van der Waals surface area contributed by atoms with Crippen molar-refractivity contribution in [1.29, 1.82) is 5.26 Å². The minimum Gasteiger partial charge on any atom is -0.365 e. The van der Waals surface area contributed by atoms with Gasteiger partial charge >= 0.3 is 6.18 Å². The Kier molecular flexibility index (Phi) is 4.34. The lowest BCUT2D eigenvalue weighted by atomic mass is 10.1. The first-order chi connectivity index (χ1) is 9.91. The SMILES string of the molecule is N#Cc1cnc(NCc2ccccc2C(F)(F)F)c(Cl)c1. The quantitative estimate of drug-likeness (QED) is 0.922. The molecule has 0 saturated carbocycles. The number of anilines is 1. The van der Waals surface area contributed by atoms with Crippen LogP contribution in [0.25, 0.3) is 0 Å². The van der Waals surface area contributed by atoms with Crippen molar-refractivity contribution in [3.8, 4) is 6.07 Å². The van der Waals surface area contributed by atoms with Gasteiger partial charge in [0.25, 0.3) is 0 Å². The van der Waals surface area contributed by atoms with Gasteiger partial charge in [0.1, 0.15) is 11.9 Å². The molecule has 1 heterocycles. The van der Waals surface area contributed by atoms with Gasteiger partial charge in [0.2, 0.25) is 0 Å². The molecule has 0 aliphatic rings. The molecule has 1 aromatic heterocycles. The summed E-state index contributed by atoms with van der Waals surface area (Å²) in [7, 11) is 0. The Morgan fingerprint density at radius 1 is 1.29 bits per heavy atom. The first kappa shape index (κ1) is 15.1. The van der Waals surface area contributed by atoms with Crippen molar-refractivity contribution in [2.45, 2.75) is 12.7 Å². The van der Waals surface area contributed by atoms with Crippen LogP contribution in [0, 0.1) is 11.3 Å². The van der Waals surface area contributed by atoms with E-state index in [0.717, 1.165) is 6.07 Å². The van der Waals surface area contributed by atoms with Crippen molar-refractivity contribution in [1.82, 2.24) is 4.98 Å². The molecule has 0 spiro atoms. The summed E-state index contributed by atoms with van der Waals surface area (Å²) in [6, 6.07) is 8.53. The molecule has 0 unspecified atom stereocenters. The molecule has 0 atom stereocenters. The van der Waals surface area contributed by atoms with Crippen LogP contribution in [0.5, 0.6) is 0 Å². The van der Waals surface area contributed by atoms with Crippen LogP contribution in [0.15, 0.2) is 36.5 Å². The summed E-state index contributed by atoms with van der Waals surface area (Å²) in [4.78, 5) is 3.91. The summed E-state index contributed by atoms with van der Waals surface area (Å²) in [5, 5.41) is 11.6. The number of rotatable bonds is 3. The topological polar surface area (TPSA) is 48.7 Å². The second kappa shape index (κ2) is 6.02. The van der Waals surface area contributed by atoms with E-state index in [1.165, 1.54) is 30.5 Å². The van der Waals surface area contributed by atoms with E-state index < -0.39 is 11.7 Å². The molecule has 7 heteroatoms. The zero-order chi connectivity index (χ0) is 15.5. The number of alkyl halides is 3. The molecule has 0 aliphatic carbocycles. The molecule has 0 saturated heterocycles. The minimum atomic E-state index is -4.42. The highest BCUT2D eigenvalue weighted by Crippen LogP contribution is 2.32. The highest BCUT2D eigenvalue weighted by molar-refractivity contribution is 6.33. The minimum absolute atomic E-state index is 0.0751. The van der Waals surface area contributed by atoms with Gasteiger partial charge < -0.3 is 5.32 Å². The van der Waals surface area contributed by atoms with E-state index in [0.29, 0.717) is 0 Å². The van der Waals surface area contributed by atoms with Gasteiger partial charge in [-0.3, -0.25) is 0 Å². The van der Waals surface area contributed by atoms with Gasteiger partial charge in [-0.15, -0.1) is 0 Å². The lowest BCUT2D eigenvalue weighted by Gasteiger charge is -2.14. The average Bonchev–Trinajstić information content (AvgIpc) is 2.45. The molecule has 0 fully saturated rings. The fourth-order valence-corrected chi connectivity index (χ4v) is 1.99. The fourth-order valence-electron chi connectivity index (χ4n) is 1.76. The molecular formula is C14H9ClF3N3. The monoisotopic (exact) mass is 311 g/mol. The van der Waals surface area contributed by atoms with E-state index in [2.05, 4.69) is 10.3 Å². The van der Waals surface area contributed by atoms with E-state index in [4.69, 9.17) is 16.9 Å². The Balaban J connectivity index is 2.20. The number of nitrogens with zero attached hydrogens (tertiary/aromatic N) is 2. The predicted octanol–water partition coefficient (Wildman–Crippen LogP) is 4.24. The first-order valence-electron chi connectivity index (χ1n) is 5.86. The molecule has 0 amide bonds. The Morgan fingerprint density at radius 2 is 2.00 bits per heavy atom. The lowest BCUT2D eigenvalue weighted by molar-refractivity contribution is -0.138. The Morgan fingerprint density at radius 3 is 2.62 bits per heavy atom. The molecule has 0 radical (unpaired) electrons. The first-order valence-corrected chi connectivity index (χ1v) is 6.24. The van der Waals surface area contributed by atoms with Crippen LogP contribution >= 0.6 is 11.6 Å². The second-order valence-corrected chi connectivity index (χ2v) is 4.58. The van der Waals surface area contributed by atoms with Gasteiger partial charge in [-0.2, -0.15) is 18.4 Å². The van der Waals surface area contributed by atoms with Gasteiger partial charge in [0.15, 0.2) is 0 Å². The molecule has 108 valence electrons. The van der Waals surface area contributed by atoms with E-state index in [9.17, 15) is 13.2 Å². The molecule has 0 bridgehead atoms. The van der Waals surface area contributed by atoms with Gasteiger partial charge in [0, 0.05) is 12.7 Å². The predicted molar refractivity (Wildman–Crippen MR) is 72.7 cm³/mol. The number of aromatic nitrogens is 1. The zero-order valence-corrected chi connectivity index (χ0v) is 11.3. The number of hydrogen-bond acceptors (Lipinski definition) is 3. The maximum absolute atomic E-state index is 12.8. The van der Waals surface area contributed by atoms with Crippen molar-refractivity contribution in [3.05, 3.63) is 58.2 Å². The highest BCUT2D eigenvalue weighted by Gasteiger charge is 2.32. The molecule has 1 aromatic carbocycles. The summed E-state index contributed by atoms with van der Waals surface area (Å²) < 4.78 is 38.5. The molecule has 2 aromatic rings. The van der Waals surface area contributed by atoms with Crippen molar-refractivity contribution in [3.63, 3.8) is 0 Å². The third kappa shape index (κ3) is 3.64. The lowest BCUT2D eigenvalue weighted by Crippen LogP contribution is -2.12. The molecular weight excluding hydrogens is 303 g/mol. The standard InChI is InChI=1S/C14H9ClF3N3/c15-12-5-9(6-19)7-20-13(12)21-8-10-3-1-2-4-11(10)14(16,17)18/h1-5,7H,8H2,(H,20,21). The Hall–Kier alpha value is -2.26. The third-order valence-electron chi connectivity index (χ3n) is 2.74. The highest BCUT2D eigenvalue weighted by atomic mass is 35.5. The average molecular weight is 312 g/mol. The summed E-state index contributed by atoms with van der Waals surface area (Å²) in [5.74, 6) is 0.229. The molecule has 2 rings (SSSR count). The summed E-state index contributed by atoms with van der Waals surface area (Å²) in [6.45, 7) is -0.0751. The van der Waals surface area contributed by atoms with Crippen molar-refractivity contribution in [2.24, 2.45) is 0 Å². The van der Waals surface area contributed by atoms with Crippen LogP contribution in [-0.4, -0.2) is 4.98 Å². The van der Waals surface area contributed by atoms with E-state index in [1.807, 2.05) is 6.07 Å². The zero-order valence-electron chi connectivity index (χ0n) is 10.6. The Bertz CT molecular complexity index is 693. The van der Waals surface area contributed by atoms with Gasteiger partial charge in [-0.1, -0.05) is 29.8 Å². The maximum atomic E-state index is 12.8.